The minimum absolute atomic E-state index is 0.000140. The minimum atomic E-state index is -0.709. The van der Waals surface area contributed by atoms with Crippen molar-refractivity contribution in [2.45, 2.75) is 115 Å². The molecule has 0 radical (unpaired) electrons. The van der Waals surface area contributed by atoms with E-state index in [1.807, 2.05) is 36.5 Å². The number of phenols is 1. The molecule has 0 amide bonds. The van der Waals surface area contributed by atoms with Crippen molar-refractivity contribution in [3.05, 3.63) is 148 Å². The Morgan fingerprint density at radius 2 is 1.68 bits per heavy atom. The molecule has 0 saturated heterocycles. The van der Waals surface area contributed by atoms with Gasteiger partial charge in [-0.15, -0.1) is 0 Å². The SMILES string of the molecule is CCC[C@@H]1[C@H]2C[C@H](C[C@@H]3C#C[C@@H](c4ccccc4)c4cc(O)c(OC)cc4CCC(=O)CC(=O)[C@H]3C2)[C@H](CCCO)C2=CCNC(=C2)Nc2ccc3ccc(cc3c2)C[C@@H](O)CNC[C@@H](C)c2c[nH]c(c2)C[C@@H]1O. The summed E-state index contributed by atoms with van der Waals surface area (Å²) in [7, 11) is 1.51. The lowest BCUT2D eigenvalue weighted by molar-refractivity contribution is -0.130. The molecule has 1 saturated carbocycles. The van der Waals surface area contributed by atoms with Crippen molar-refractivity contribution in [2.24, 2.45) is 35.5 Å². The second-order valence-electron chi connectivity index (χ2n) is 21.7. The number of aliphatic hydroxyl groups is 3. The van der Waals surface area contributed by atoms with Crippen LogP contribution in [0.15, 0.2) is 115 Å². The van der Waals surface area contributed by atoms with Crippen LogP contribution in [-0.2, 0) is 28.9 Å². The molecular formula is C63H76N4O7. The fourth-order valence-corrected chi connectivity index (χ4v) is 12.7. The van der Waals surface area contributed by atoms with Crippen molar-refractivity contribution in [1.29, 1.82) is 0 Å². The van der Waals surface area contributed by atoms with Gasteiger partial charge in [-0.25, -0.2) is 0 Å². The third kappa shape index (κ3) is 12.7. The number of methoxy groups -OCH3 is 1. The first-order valence-electron chi connectivity index (χ1n) is 27.3. The summed E-state index contributed by atoms with van der Waals surface area (Å²) in [6.45, 7) is 6.11. The minimum Gasteiger partial charge on any atom is -0.504 e. The Balaban J connectivity index is 1.17. The lowest BCUT2D eigenvalue weighted by atomic mass is 9.71. The molecule has 1 aromatic heterocycles. The molecule has 11 nitrogen and oxygen atoms in total. The number of rotatable bonds is 7. The van der Waals surface area contributed by atoms with Crippen molar-refractivity contribution in [3.8, 4) is 23.3 Å². The molecule has 4 aromatic carbocycles. The van der Waals surface area contributed by atoms with E-state index in [0.29, 0.717) is 70.3 Å². The standard InChI is InChI=1S/C63H76N4O7/c1-4-9-56-48-27-47(26-43-17-20-55(42-10-6-5-7-11-42)57-35-61(73)62(74-3)31-44(57)16-19-52(69)34-60(72)58(43)30-48)54(12-8-23-68)45-21-22-65-63(32-45)67-50-18-15-41-14-13-40(24-46(41)28-50)25-53(70)38-64-36-39(2)49-29-51(66-37-49)33-59(56)71/h5-7,10-11,13-15,18,21,24,28-29,31-32,35,37,39,43,47-48,53-56,58-59,64-68,70-71,73H,4,8-9,12,16,19,22-23,25-27,30,33-34,36,38H2,1-3H3/t39-,43+,47+,48+,53-,54-,55+,56-,58+,59+/m1/s1. The van der Waals surface area contributed by atoms with E-state index in [-0.39, 0.29) is 66.4 Å². The number of aryl methyl sites for hydroxylation is 1. The zero-order chi connectivity index (χ0) is 51.7. The lowest BCUT2D eigenvalue weighted by Gasteiger charge is -2.36. The highest BCUT2D eigenvalue weighted by molar-refractivity contribution is 6.00. The number of nitrogens with one attached hydrogen (secondary N) is 4. The van der Waals surface area contributed by atoms with Crippen LogP contribution < -0.4 is 20.7 Å². The number of aromatic amines is 1. The average Bonchev–Trinajstić information content (AvgIpc) is 3.78. The van der Waals surface area contributed by atoms with Crippen molar-refractivity contribution >= 4 is 28.0 Å². The number of aliphatic hydroxyl groups excluding tert-OH is 3. The largest absolute Gasteiger partial charge is 0.504 e. The van der Waals surface area contributed by atoms with E-state index in [9.17, 15) is 25.2 Å². The molecule has 11 heteroatoms. The van der Waals surface area contributed by atoms with Gasteiger partial charge in [0.25, 0.3) is 0 Å². The highest BCUT2D eigenvalue weighted by atomic mass is 16.5. The maximum atomic E-state index is 15.1. The maximum Gasteiger partial charge on any atom is 0.160 e. The molecule has 8 N–H and O–H groups in total. The van der Waals surface area contributed by atoms with Crippen LogP contribution in [0.3, 0.4) is 0 Å². The number of aromatic hydroxyl groups is 1. The van der Waals surface area contributed by atoms with Crippen LogP contribution in [-0.4, -0.2) is 82.5 Å². The molecule has 0 spiro atoms. The van der Waals surface area contributed by atoms with Gasteiger partial charge in [0.1, 0.15) is 17.4 Å². The summed E-state index contributed by atoms with van der Waals surface area (Å²) in [6.07, 6.45) is 11.3. The summed E-state index contributed by atoms with van der Waals surface area (Å²) in [5, 5.41) is 58.4. The number of carbonyl (C=O) groups is 2. The van der Waals surface area contributed by atoms with Gasteiger partial charge in [0.15, 0.2) is 11.5 Å². The molecule has 5 aromatic rings. The van der Waals surface area contributed by atoms with Gasteiger partial charge in [-0.05, 0) is 162 Å². The Kier molecular flexibility index (Phi) is 17.4. The van der Waals surface area contributed by atoms with Gasteiger partial charge >= 0.3 is 0 Å². The molecule has 0 unspecified atom stereocenters. The first-order chi connectivity index (χ1) is 36.0. The number of hydrogen-bond donors (Lipinski definition) is 8. The van der Waals surface area contributed by atoms with E-state index in [4.69, 9.17) is 4.74 Å². The Labute approximate surface area is 437 Å². The molecule has 390 valence electrons. The van der Waals surface area contributed by atoms with Gasteiger partial charge in [-0.2, -0.15) is 0 Å². The van der Waals surface area contributed by atoms with Crippen LogP contribution in [0.4, 0.5) is 5.69 Å². The zero-order valence-corrected chi connectivity index (χ0v) is 43.4. The number of fused-ring (bicyclic) bond motifs is 9. The molecule has 9 bridgehead atoms. The van der Waals surface area contributed by atoms with Crippen LogP contribution in [0.1, 0.15) is 117 Å². The lowest BCUT2D eigenvalue weighted by Crippen LogP contribution is -2.34. The number of benzene rings is 4. The van der Waals surface area contributed by atoms with Crippen molar-refractivity contribution in [3.63, 3.8) is 0 Å². The number of aromatic nitrogens is 1. The molecule has 1 fully saturated rings. The average molecular weight is 1000 g/mol. The van der Waals surface area contributed by atoms with E-state index in [1.165, 1.54) is 7.11 Å². The second kappa shape index (κ2) is 24.5. The number of carbonyl (C=O) groups excluding carboxylic acids is 2. The van der Waals surface area contributed by atoms with Gasteiger partial charge < -0.3 is 46.1 Å². The number of H-pyrrole nitrogens is 1. The van der Waals surface area contributed by atoms with Gasteiger partial charge in [0, 0.05) is 68.5 Å². The summed E-state index contributed by atoms with van der Waals surface area (Å²) in [6, 6.07) is 28.5. The van der Waals surface area contributed by atoms with Crippen LogP contribution in [0.25, 0.3) is 10.8 Å². The molecule has 2 aliphatic carbocycles. The number of Topliss-reactive ketones (excluding diaryl/α,β-unsaturated/α-hetero) is 2. The summed E-state index contributed by atoms with van der Waals surface area (Å²) < 4.78 is 5.56. The Hall–Kier alpha value is -6.16. The van der Waals surface area contributed by atoms with Crippen LogP contribution in [0.2, 0.25) is 0 Å². The smallest absolute Gasteiger partial charge is 0.160 e. The zero-order valence-electron chi connectivity index (χ0n) is 43.4. The van der Waals surface area contributed by atoms with Crippen molar-refractivity contribution in [1.82, 2.24) is 15.6 Å². The van der Waals surface area contributed by atoms with Gasteiger partial charge in [0.05, 0.1) is 31.7 Å². The maximum absolute atomic E-state index is 15.1. The molecule has 2 aliphatic heterocycles. The van der Waals surface area contributed by atoms with E-state index < -0.39 is 30.0 Å². The van der Waals surface area contributed by atoms with E-state index >= 15 is 4.79 Å². The number of anilines is 1. The molecule has 4 aliphatic rings. The van der Waals surface area contributed by atoms with Gasteiger partial charge in [-0.3, -0.25) is 9.59 Å². The van der Waals surface area contributed by atoms with Crippen molar-refractivity contribution in [2.75, 3.05) is 38.7 Å². The van der Waals surface area contributed by atoms with E-state index in [0.717, 1.165) is 80.6 Å². The fraction of sp³-hybridized carbons (Fsp3) is 0.460. The number of ether oxygens (including phenoxy) is 1. The Bertz CT molecular complexity index is 2880. The first-order valence-corrected chi connectivity index (χ1v) is 27.3. The third-order valence-corrected chi connectivity index (χ3v) is 16.5. The Morgan fingerprint density at radius 3 is 2.49 bits per heavy atom. The van der Waals surface area contributed by atoms with Gasteiger partial charge in [0.2, 0.25) is 0 Å². The number of allylic oxidation sites excluding steroid dienone is 2. The van der Waals surface area contributed by atoms with Crippen LogP contribution in [0.5, 0.6) is 11.5 Å². The summed E-state index contributed by atoms with van der Waals surface area (Å²) in [5.74, 6) is 6.96. The number of ketones is 2. The predicted molar refractivity (Wildman–Crippen MR) is 293 cm³/mol. The van der Waals surface area contributed by atoms with E-state index in [2.05, 4.69) is 101 Å². The third-order valence-electron chi connectivity index (χ3n) is 16.5. The fourth-order valence-electron chi connectivity index (χ4n) is 12.7. The quantitative estimate of drug-likeness (QED) is 0.0579. The molecular weight excluding hydrogens is 925 g/mol. The summed E-state index contributed by atoms with van der Waals surface area (Å²) >= 11 is 0. The topological polar surface area (TPSA) is 176 Å². The highest BCUT2D eigenvalue weighted by Crippen LogP contribution is 2.48. The molecule has 74 heavy (non-hydrogen) atoms. The number of hydrogen-bond acceptors (Lipinski definition) is 10. The van der Waals surface area contributed by atoms with Crippen molar-refractivity contribution < 1.29 is 34.8 Å². The monoisotopic (exact) mass is 1000 g/mol. The highest BCUT2D eigenvalue weighted by Gasteiger charge is 2.43. The predicted octanol–water partition coefficient (Wildman–Crippen LogP) is 9.64. The molecule has 3 heterocycles. The molecule has 10 atom stereocenters. The summed E-state index contributed by atoms with van der Waals surface area (Å²) in [4.78, 5) is 32.7. The number of dihydropyridines is 1. The normalized spacial score (nSPS) is 27.2. The number of β-amino-alcohol motifs (C(OH)–C–C–N with tert-alkyl or cyclic N) is 1. The number of phenolic OH excluding ortho intramolecular Hbond substituents is 1. The second-order valence-corrected chi connectivity index (χ2v) is 21.7. The van der Waals surface area contributed by atoms with Crippen LogP contribution in [0, 0.1) is 47.3 Å². The summed E-state index contributed by atoms with van der Waals surface area (Å²) in [5.41, 5.74) is 7.84. The Morgan fingerprint density at radius 1 is 0.838 bits per heavy atom. The van der Waals surface area contributed by atoms with E-state index in [1.54, 1.807) is 12.1 Å². The first kappa shape index (κ1) is 52.7. The van der Waals surface area contributed by atoms with Gasteiger partial charge in [-0.1, -0.05) is 92.8 Å². The molecule has 9 rings (SSSR count). The van der Waals surface area contributed by atoms with Crippen LogP contribution >= 0.6 is 0 Å².